The zero-order valence-electron chi connectivity index (χ0n) is 10.7. The van der Waals surface area contributed by atoms with Gasteiger partial charge in [0.05, 0.1) is 19.4 Å². The van der Waals surface area contributed by atoms with E-state index < -0.39 is 0 Å². The van der Waals surface area contributed by atoms with Crippen molar-refractivity contribution in [3.8, 4) is 5.75 Å². The first-order valence-electron chi connectivity index (χ1n) is 5.86. The van der Waals surface area contributed by atoms with Gasteiger partial charge in [-0.3, -0.25) is 0 Å². The van der Waals surface area contributed by atoms with Gasteiger partial charge in [-0.05, 0) is 23.6 Å². The molecule has 0 bridgehead atoms. The molecule has 1 atom stereocenters. The summed E-state index contributed by atoms with van der Waals surface area (Å²) < 4.78 is 5.28. The first-order chi connectivity index (χ1) is 8.08. The molecule has 17 heavy (non-hydrogen) atoms. The lowest BCUT2D eigenvalue weighted by Gasteiger charge is -2.16. The van der Waals surface area contributed by atoms with Gasteiger partial charge < -0.3 is 20.9 Å². The van der Waals surface area contributed by atoms with E-state index in [1.807, 2.05) is 6.07 Å². The Hall–Kier alpha value is -1.26. The molecule has 0 aliphatic carbocycles. The molecule has 96 valence electrons. The Morgan fingerprint density at radius 1 is 1.41 bits per heavy atom. The molecule has 1 rings (SSSR count). The van der Waals surface area contributed by atoms with Crippen molar-refractivity contribution in [3.63, 3.8) is 0 Å². The number of hydrogen-bond acceptors (Lipinski definition) is 4. The summed E-state index contributed by atoms with van der Waals surface area (Å²) in [5.41, 5.74) is 7.82. The first kappa shape index (κ1) is 13.8. The molecule has 0 heterocycles. The molecule has 0 fully saturated rings. The number of aliphatic hydroxyl groups is 1. The summed E-state index contributed by atoms with van der Waals surface area (Å²) in [7, 11) is 1.64. The van der Waals surface area contributed by atoms with E-state index in [9.17, 15) is 0 Å². The molecule has 0 amide bonds. The minimum Gasteiger partial charge on any atom is -0.495 e. The third-order valence-corrected chi connectivity index (χ3v) is 2.68. The van der Waals surface area contributed by atoms with Crippen molar-refractivity contribution in [1.29, 1.82) is 0 Å². The lowest BCUT2D eigenvalue weighted by atomic mass is 10.0. The van der Waals surface area contributed by atoms with E-state index in [0.717, 1.165) is 11.4 Å². The Morgan fingerprint density at radius 2 is 2.12 bits per heavy atom. The van der Waals surface area contributed by atoms with Crippen LogP contribution in [0.25, 0.3) is 0 Å². The SMILES string of the molecule is COc1ccc(C(C)C)cc1NCC(N)CO. The molecule has 0 aliphatic heterocycles. The Bertz CT molecular complexity index is 353. The topological polar surface area (TPSA) is 67.5 Å². The molecule has 0 saturated heterocycles. The van der Waals surface area contributed by atoms with Crippen molar-refractivity contribution in [2.45, 2.75) is 25.8 Å². The summed E-state index contributed by atoms with van der Waals surface area (Å²) in [5.74, 6) is 1.26. The first-order valence-corrected chi connectivity index (χ1v) is 5.86. The van der Waals surface area contributed by atoms with E-state index in [0.29, 0.717) is 12.5 Å². The summed E-state index contributed by atoms with van der Waals surface area (Å²) in [4.78, 5) is 0. The van der Waals surface area contributed by atoms with Gasteiger partial charge in [0.15, 0.2) is 0 Å². The highest BCUT2D eigenvalue weighted by Gasteiger charge is 2.08. The van der Waals surface area contributed by atoms with Crippen LogP contribution in [0.5, 0.6) is 5.75 Å². The molecular formula is C13H22N2O2. The van der Waals surface area contributed by atoms with Crippen LogP contribution in [0.3, 0.4) is 0 Å². The second kappa shape index (κ2) is 6.47. The van der Waals surface area contributed by atoms with Crippen LogP contribution in [-0.4, -0.2) is 31.4 Å². The van der Waals surface area contributed by atoms with Gasteiger partial charge in [-0.1, -0.05) is 19.9 Å². The quantitative estimate of drug-likeness (QED) is 0.703. The molecule has 4 nitrogen and oxygen atoms in total. The predicted octanol–water partition coefficient (Wildman–Crippen LogP) is 1.55. The molecular weight excluding hydrogens is 216 g/mol. The Kier molecular flexibility index (Phi) is 5.25. The van der Waals surface area contributed by atoms with E-state index in [1.165, 1.54) is 5.56 Å². The molecule has 0 aromatic heterocycles. The molecule has 4 N–H and O–H groups in total. The number of benzene rings is 1. The lowest BCUT2D eigenvalue weighted by Crippen LogP contribution is -2.32. The summed E-state index contributed by atoms with van der Waals surface area (Å²) >= 11 is 0. The van der Waals surface area contributed by atoms with Crippen molar-refractivity contribution in [1.82, 2.24) is 0 Å². The van der Waals surface area contributed by atoms with E-state index >= 15 is 0 Å². The Morgan fingerprint density at radius 3 is 2.65 bits per heavy atom. The maximum atomic E-state index is 8.89. The minimum absolute atomic E-state index is 0.0286. The van der Waals surface area contributed by atoms with Gasteiger partial charge in [-0.15, -0.1) is 0 Å². The third kappa shape index (κ3) is 3.91. The summed E-state index contributed by atoms with van der Waals surface area (Å²) in [5, 5.41) is 12.1. The van der Waals surface area contributed by atoms with Crippen LogP contribution in [0.2, 0.25) is 0 Å². The number of rotatable bonds is 6. The monoisotopic (exact) mass is 238 g/mol. The van der Waals surface area contributed by atoms with Gasteiger partial charge in [-0.2, -0.15) is 0 Å². The van der Waals surface area contributed by atoms with Crippen LogP contribution >= 0.6 is 0 Å². The van der Waals surface area contributed by atoms with Gasteiger partial charge in [-0.25, -0.2) is 0 Å². The van der Waals surface area contributed by atoms with Gasteiger partial charge >= 0.3 is 0 Å². The van der Waals surface area contributed by atoms with Crippen molar-refractivity contribution in [2.24, 2.45) is 5.73 Å². The number of ether oxygens (including phenoxy) is 1. The zero-order chi connectivity index (χ0) is 12.8. The molecule has 1 aromatic carbocycles. The molecule has 1 unspecified atom stereocenters. The van der Waals surface area contributed by atoms with Crippen molar-refractivity contribution < 1.29 is 9.84 Å². The second-order valence-electron chi connectivity index (χ2n) is 4.44. The van der Waals surface area contributed by atoms with Gasteiger partial charge in [0.1, 0.15) is 5.75 Å². The highest BCUT2D eigenvalue weighted by atomic mass is 16.5. The number of aliphatic hydroxyl groups excluding tert-OH is 1. The number of nitrogens with one attached hydrogen (secondary N) is 1. The summed E-state index contributed by atoms with van der Waals surface area (Å²) in [6.07, 6.45) is 0. The minimum atomic E-state index is -0.262. The largest absolute Gasteiger partial charge is 0.495 e. The molecule has 4 heteroatoms. The van der Waals surface area contributed by atoms with Crippen molar-refractivity contribution in [3.05, 3.63) is 23.8 Å². The van der Waals surface area contributed by atoms with E-state index in [2.05, 4.69) is 31.3 Å². The maximum Gasteiger partial charge on any atom is 0.141 e. The molecule has 0 saturated carbocycles. The van der Waals surface area contributed by atoms with Gasteiger partial charge in [0.25, 0.3) is 0 Å². The average Bonchev–Trinajstić information content (AvgIpc) is 2.35. The number of nitrogens with two attached hydrogens (primary N) is 1. The van der Waals surface area contributed by atoms with Crippen LogP contribution in [0, 0.1) is 0 Å². The lowest BCUT2D eigenvalue weighted by molar-refractivity contribution is 0.270. The number of hydrogen-bond donors (Lipinski definition) is 3. The fraction of sp³-hybridized carbons (Fsp3) is 0.538. The highest BCUT2D eigenvalue weighted by molar-refractivity contribution is 5.58. The van der Waals surface area contributed by atoms with Crippen molar-refractivity contribution >= 4 is 5.69 Å². The Balaban J connectivity index is 2.82. The summed E-state index contributed by atoms with van der Waals surface area (Å²) in [6, 6.07) is 5.80. The van der Waals surface area contributed by atoms with Crippen molar-refractivity contribution in [2.75, 3.05) is 25.6 Å². The molecule has 0 aliphatic rings. The fourth-order valence-electron chi connectivity index (χ4n) is 1.53. The van der Waals surface area contributed by atoms with Crippen LogP contribution in [-0.2, 0) is 0 Å². The fourth-order valence-corrected chi connectivity index (χ4v) is 1.53. The van der Waals surface area contributed by atoms with Gasteiger partial charge in [0, 0.05) is 12.6 Å². The van der Waals surface area contributed by atoms with Crippen LogP contribution in [0.15, 0.2) is 18.2 Å². The maximum absolute atomic E-state index is 8.89. The zero-order valence-corrected chi connectivity index (χ0v) is 10.7. The molecule has 1 aromatic rings. The second-order valence-corrected chi connectivity index (χ2v) is 4.44. The van der Waals surface area contributed by atoms with E-state index in [-0.39, 0.29) is 12.6 Å². The number of methoxy groups -OCH3 is 1. The number of anilines is 1. The third-order valence-electron chi connectivity index (χ3n) is 2.68. The van der Waals surface area contributed by atoms with Gasteiger partial charge in [0.2, 0.25) is 0 Å². The highest BCUT2D eigenvalue weighted by Crippen LogP contribution is 2.28. The average molecular weight is 238 g/mol. The predicted molar refractivity (Wildman–Crippen MR) is 70.6 cm³/mol. The normalized spacial score (nSPS) is 12.6. The van der Waals surface area contributed by atoms with E-state index in [4.69, 9.17) is 15.6 Å². The van der Waals surface area contributed by atoms with Crippen LogP contribution in [0.4, 0.5) is 5.69 Å². The molecule has 0 spiro atoms. The van der Waals surface area contributed by atoms with Crippen LogP contribution in [0.1, 0.15) is 25.3 Å². The Labute approximate surface area is 103 Å². The standard InChI is InChI=1S/C13H22N2O2/c1-9(2)10-4-5-13(17-3)12(6-10)15-7-11(14)8-16/h4-6,9,11,15-16H,7-8,14H2,1-3H3. The summed E-state index contributed by atoms with van der Waals surface area (Å²) in [6.45, 7) is 4.78. The smallest absolute Gasteiger partial charge is 0.141 e. The van der Waals surface area contributed by atoms with E-state index in [1.54, 1.807) is 7.11 Å². The van der Waals surface area contributed by atoms with Crippen LogP contribution < -0.4 is 15.8 Å². The molecule has 0 radical (unpaired) electrons.